The first-order valence-corrected chi connectivity index (χ1v) is 9.79. The summed E-state index contributed by atoms with van der Waals surface area (Å²) >= 11 is 18.7. The Morgan fingerprint density at radius 1 is 1.04 bits per heavy atom. The summed E-state index contributed by atoms with van der Waals surface area (Å²) in [5.74, 6) is 1.67. The lowest BCUT2D eigenvalue weighted by atomic mass is 9.96. The van der Waals surface area contributed by atoms with Crippen molar-refractivity contribution in [3.05, 3.63) is 62.9 Å². The fraction of sp³-hybridized carbons (Fsp3) is 0.300. The molecule has 1 fully saturated rings. The third-order valence-electron chi connectivity index (χ3n) is 4.58. The molecule has 0 saturated heterocycles. The van der Waals surface area contributed by atoms with E-state index in [4.69, 9.17) is 44.1 Å². The van der Waals surface area contributed by atoms with E-state index >= 15 is 0 Å². The van der Waals surface area contributed by atoms with Crippen LogP contribution in [0.4, 0.5) is 0 Å². The van der Waals surface area contributed by atoms with Crippen LogP contribution in [0.25, 0.3) is 11.4 Å². The first-order valence-electron chi connectivity index (χ1n) is 8.65. The predicted molar refractivity (Wildman–Crippen MR) is 107 cm³/mol. The van der Waals surface area contributed by atoms with Gasteiger partial charge in [0.2, 0.25) is 11.7 Å². The third-order valence-corrected chi connectivity index (χ3v) is 5.43. The number of hydrogen-bond donors (Lipinski definition) is 0. The average Bonchev–Trinajstić information content (AvgIpc) is 3.24. The molecule has 0 atom stereocenters. The van der Waals surface area contributed by atoms with E-state index in [1.807, 2.05) is 38.1 Å². The second-order valence-corrected chi connectivity index (χ2v) is 8.19. The zero-order chi connectivity index (χ0) is 19.2. The van der Waals surface area contributed by atoms with Crippen molar-refractivity contribution < 1.29 is 9.26 Å². The van der Waals surface area contributed by atoms with Gasteiger partial charge in [0.1, 0.15) is 5.75 Å². The van der Waals surface area contributed by atoms with Crippen molar-refractivity contribution in [2.75, 3.05) is 0 Å². The third kappa shape index (κ3) is 3.54. The van der Waals surface area contributed by atoms with Gasteiger partial charge in [-0.05, 0) is 62.6 Å². The summed E-state index contributed by atoms with van der Waals surface area (Å²) in [5, 5.41) is 5.86. The largest absolute Gasteiger partial charge is 0.489 e. The second-order valence-electron chi connectivity index (χ2n) is 6.94. The lowest BCUT2D eigenvalue weighted by Crippen LogP contribution is -2.10. The highest BCUT2D eigenvalue weighted by atomic mass is 35.5. The molecule has 140 valence electrons. The van der Waals surface area contributed by atoms with Gasteiger partial charge in [0.25, 0.3) is 0 Å². The zero-order valence-corrected chi connectivity index (χ0v) is 17.1. The molecule has 0 unspecified atom stereocenters. The summed E-state index contributed by atoms with van der Waals surface area (Å²) in [6.07, 6.45) is 1.85. The van der Waals surface area contributed by atoms with Gasteiger partial charge in [-0.1, -0.05) is 46.0 Å². The van der Waals surface area contributed by atoms with Crippen molar-refractivity contribution in [1.29, 1.82) is 0 Å². The van der Waals surface area contributed by atoms with Crippen LogP contribution in [0.15, 0.2) is 40.9 Å². The summed E-state index contributed by atoms with van der Waals surface area (Å²) in [4.78, 5) is 4.62. The Labute approximate surface area is 172 Å². The topological polar surface area (TPSA) is 48.2 Å². The van der Waals surface area contributed by atoms with Crippen molar-refractivity contribution in [3.8, 4) is 17.1 Å². The van der Waals surface area contributed by atoms with Crippen LogP contribution in [0, 0.1) is 0 Å². The Balaban J connectivity index is 1.65. The Kier molecular flexibility index (Phi) is 4.83. The molecule has 0 amide bonds. The first kappa shape index (κ1) is 18.6. The molecule has 0 spiro atoms. The van der Waals surface area contributed by atoms with Crippen LogP contribution in [0.3, 0.4) is 0 Å². The van der Waals surface area contributed by atoms with Crippen LogP contribution >= 0.6 is 34.8 Å². The molecular formula is C20H17Cl3N2O2. The molecule has 0 N–H and O–H groups in total. The zero-order valence-electron chi connectivity index (χ0n) is 14.8. The molecule has 3 aromatic rings. The Bertz CT molecular complexity index is 997. The van der Waals surface area contributed by atoms with Crippen LogP contribution in [0.1, 0.15) is 38.1 Å². The standard InChI is InChI=1S/C20H17Cl3N2O2/c1-11(2)26-17-6-3-12(9-16(17)23)18-24-19(27-25-18)20(7-8-20)14-5-4-13(21)10-15(14)22/h3-6,9-11H,7-8H2,1-2H3. The fourth-order valence-electron chi connectivity index (χ4n) is 3.13. The van der Waals surface area contributed by atoms with E-state index in [1.54, 1.807) is 12.1 Å². The summed E-state index contributed by atoms with van der Waals surface area (Å²) in [7, 11) is 0. The summed E-state index contributed by atoms with van der Waals surface area (Å²) in [6, 6.07) is 11.0. The van der Waals surface area contributed by atoms with Crippen LogP contribution in [-0.2, 0) is 5.41 Å². The fourth-order valence-corrected chi connectivity index (χ4v) is 3.94. The molecule has 4 rings (SSSR count). The molecule has 0 aliphatic heterocycles. The quantitative estimate of drug-likeness (QED) is 0.466. The van der Waals surface area contributed by atoms with Crippen LogP contribution in [0.2, 0.25) is 15.1 Å². The van der Waals surface area contributed by atoms with E-state index < -0.39 is 0 Å². The van der Waals surface area contributed by atoms with Gasteiger partial charge in [-0.25, -0.2) is 0 Å². The van der Waals surface area contributed by atoms with Gasteiger partial charge < -0.3 is 9.26 Å². The maximum Gasteiger partial charge on any atom is 0.237 e. The summed E-state index contributed by atoms with van der Waals surface area (Å²) in [6.45, 7) is 3.90. The summed E-state index contributed by atoms with van der Waals surface area (Å²) in [5.41, 5.74) is 1.39. The van der Waals surface area contributed by atoms with Crippen molar-refractivity contribution in [3.63, 3.8) is 0 Å². The van der Waals surface area contributed by atoms with Crippen molar-refractivity contribution >= 4 is 34.8 Å². The molecule has 0 radical (unpaired) electrons. The normalized spacial score (nSPS) is 15.2. The minimum atomic E-state index is -0.336. The minimum absolute atomic E-state index is 0.0453. The smallest absolute Gasteiger partial charge is 0.237 e. The van der Waals surface area contributed by atoms with E-state index in [9.17, 15) is 0 Å². The van der Waals surface area contributed by atoms with Gasteiger partial charge in [0.05, 0.1) is 16.5 Å². The van der Waals surface area contributed by atoms with Gasteiger partial charge in [-0.2, -0.15) is 4.98 Å². The van der Waals surface area contributed by atoms with E-state index in [-0.39, 0.29) is 11.5 Å². The number of nitrogens with zero attached hydrogens (tertiary/aromatic N) is 2. The Morgan fingerprint density at radius 3 is 2.44 bits per heavy atom. The van der Waals surface area contributed by atoms with E-state index in [1.165, 1.54) is 0 Å². The molecular weight excluding hydrogens is 407 g/mol. The number of aromatic nitrogens is 2. The number of ether oxygens (including phenoxy) is 1. The van der Waals surface area contributed by atoms with Gasteiger partial charge in [0.15, 0.2) is 0 Å². The van der Waals surface area contributed by atoms with Gasteiger partial charge >= 0.3 is 0 Å². The highest BCUT2D eigenvalue weighted by Crippen LogP contribution is 2.55. The first-order chi connectivity index (χ1) is 12.9. The number of hydrogen-bond acceptors (Lipinski definition) is 4. The Hall–Kier alpha value is -1.75. The van der Waals surface area contributed by atoms with E-state index in [2.05, 4.69) is 10.1 Å². The van der Waals surface area contributed by atoms with Gasteiger partial charge in [-0.3, -0.25) is 0 Å². The highest BCUT2D eigenvalue weighted by Gasteiger charge is 2.52. The Morgan fingerprint density at radius 2 is 1.81 bits per heavy atom. The molecule has 1 aliphatic rings. The molecule has 2 aromatic carbocycles. The number of halogens is 3. The van der Waals surface area contributed by atoms with Crippen molar-refractivity contribution in [2.24, 2.45) is 0 Å². The predicted octanol–water partition coefficient (Wildman–Crippen LogP) is 6.56. The molecule has 4 nitrogen and oxygen atoms in total. The van der Waals surface area contributed by atoms with Crippen molar-refractivity contribution in [2.45, 2.75) is 38.2 Å². The molecule has 1 aliphatic carbocycles. The number of rotatable bonds is 5. The highest BCUT2D eigenvalue weighted by molar-refractivity contribution is 6.35. The van der Waals surface area contributed by atoms with E-state index in [0.29, 0.717) is 32.5 Å². The van der Waals surface area contributed by atoms with Gasteiger partial charge in [0, 0.05) is 15.6 Å². The lowest BCUT2D eigenvalue weighted by Gasteiger charge is -2.13. The molecule has 1 aromatic heterocycles. The van der Waals surface area contributed by atoms with E-state index in [0.717, 1.165) is 24.0 Å². The van der Waals surface area contributed by atoms with Crippen LogP contribution in [-0.4, -0.2) is 16.2 Å². The SMILES string of the molecule is CC(C)Oc1ccc(-c2noc(C3(c4ccc(Cl)cc4Cl)CC3)n2)cc1Cl. The van der Waals surface area contributed by atoms with Crippen LogP contribution in [0.5, 0.6) is 5.75 Å². The lowest BCUT2D eigenvalue weighted by molar-refractivity contribution is 0.242. The minimum Gasteiger partial charge on any atom is -0.489 e. The molecule has 7 heteroatoms. The maximum atomic E-state index is 6.40. The maximum absolute atomic E-state index is 6.40. The van der Waals surface area contributed by atoms with Gasteiger partial charge in [-0.15, -0.1) is 0 Å². The van der Waals surface area contributed by atoms with Crippen molar-refractivity contribution in [1.82, 2.24) is 10.1 Å². The molecule has 0 bridgehead atoms. The second kappa shape index (κ2) is 7.01. The van der Waals surface area contributed by atoms with Crippen LogP contribution < -0.4 is 4.74 Å². The molecule has 1 heterocycles. The average molecular weight is 424 g/mol. The monoisotopic (exact) mass is 422 g/mol. The summed E-state index contributed by atoms with van der Waals surface area (Å²) < 4.78 is 11.3. The number of benzene rings is 2. The molecule has 1 saturated carbocycles. The molecule has 27 heavy (non-hydrogen) atoms.